The van der Waals surface area contributed by atoms with E-state index in [9.17, 15) is 13.2 Å². The van der Waals surface area contributed by atoms with Crippen molar-refractivity contribution < 1.29 is 13.2 Å². The molecular formula is C16H16N2O3S. The first kappa shape index (κ1) is 15.9. The molecule has 0 aliphatic heterocycles. The third kappa shape index (κ3) is 4.54. The Morgan fingerprint density at radius 2 is 1.64 bits per heavy atom. The van der Waals surface area contributed by atoms with Crippen LogP contribution in [0.1, 0.15) is 11.1 Å². The SMILES string of the molecule is Cc1ccc(C=CC(=O)Nc2ccc(S(N)(=O)=O)cc2)cc1. The quantitative estimate of drug-likeness (QED) is 0.848. The smallest absolute Gasteiger partial charge is 0.248 e. The van der Waals surface area contributed by atoms with Gasteiger partial charge in [-0.2, -0.15) is 0 Å². The summed E-state index contributed by atoms with van der Waals surface area (Å²) in [5, 5.41) is 7.65. The topological polar surface area (TPSA) is 89.3 Å². The lowest BCUT2D eigenvalue weighted by atomic mass is 10.1. The molecule has 1 amide bonds. The molecule has 0 radical (unpaired) electrons. The first-order valence-corrected chi connectivity index (χ1v) is 8.08. The van der Waals surface area contributed by atoms with E-state index in [0.29, 0.717) is 5.69 Å². The van der Waals surface area contributed by atoms with Gasteiger partial charge in [0.2, 0.25) is 15.9 Å². The highest BCUT2D eigenvalue weighted by molar-refractivity contribution is 7.89. The number of hydrogen-bond acceptors (Lipinski definition) is 3. The molecule has 2 aromatic rings. The van der Waals surface area contributed by atoms with Gasteiger partial charge >= 0.3 is 0 Å². The number of anilines is 1. The molecular weight excluding hydrogens is 300 g/mol. The van der Waals surface area contributed by atoms with Crippen LogP contribution in [0.4, 0.5) is 5.69 Å². The van der Waals surface area contributed by atoms with Crippen molar-refractivity contribution in [2.45, 2.75) is 11.8 Å². The third-order valence-corrected chi connectivity index (χ3v) is 3.88. The molecule has 0 fully saturated rings. The number of benzene rings is 2. The number of aryl methyl sites for hydroxylation is 1. The first-order chi connectivity index (χ1) is 10.3. The number of nitrogens with two attached hydrogens (primary N) is 1. The molecule has 0 spiro atoms. The molecule has 22 heavy (non-hydrogen) atoms. The van der Waals surface area contributed by atoms with Crippen molar-refractivity contribution in [3.05, 3.63) is 65.7 Å². The fourth-order valence-corrected chi connectivity index (χ4v) is 2.28. The maximum atomic E-state index is 11.8. The van der Waals surface area contributed by atoms with Crippen LogP contribution in [0, 0.1) is 6.92 Å². The number of sulfonamides is 1. The standard InChI is InChI=1S/C16H16N2O3S/c1-12-2-4-13(5-3-12)6-11-16(19)18-14-7-9-15(10-8-14)22(17,20)21/h2-11H,1H3,(H,18,19)(H2,17,20,21). The van der Waals surface area contributed by atoms with Gasteiger partial charge in [-0.15, -0.1) is 0 Å². The minimum atomic E-state index is -3.72. The molecule has 0 unspecified atom stereocenters. The lowest BCUT2D eigenvalue weighted by Gasteiger charge is -2.03. The van der Waals surface area contributed by atoms with E-state index >= 15 is 0 Å². The second kappa shape index (κ2) is 6.55. The molecule has 0 atom stereocenters. The molecule has 0 heterocycles. The Bertz CT molecular complexity index is 792. The largest absolute Gasteiger partial charge is 0.323 e. The van der Waals surface area contributed by atoms with Gasteiger partial charge in [-0.3, -0.25) is 4.79 Å². The Hall–Kier alpha value is -2.44. The summed E-state index contributed by atoms with van der Waals surface area (Å²) in [6.07, 6.45) is 3.12. The molecule has 0 saturated carbocycles. The van der Waals surface area contributed by atoms with Crippen LogP contribution in [-0.4, -0.2) is 14.3 Å². The van der Waals surface area contributed by atoms with Crippen LogP contribution in [-0.2, 0) is 14.8 Å². The minimum Gasteiger partial charge on any atom is -0.323 e. The predicted molar refractivity (Wildman–Crippen MR) is 86.7 cm³/mol. The first-order valence-electron chi connectivity index (χ1n) is 6.53. The number of carbonyl (C=O) groups excluding carboxylic acids is 1. The lowest BCUT2D eigenvalue weighted by molar-refractivity contribution is -0.111. The molecule has 5 nitrogen and oxygen atoms in total. The van der Waals surface area contributed by atoms with E-state index in [0.717, 1.165) is 11.1 Å². The van der Waals surface area contributed by atoms with Gasteiger partial charge in [0.1, 0.15) is 0 Å². The van der Waals surface area contributed by atoms with Gasteiger partial charge in [0.25, 0.3) is 0 Å². The fraction of sp³-hybridized carbons (Fsp3) is 0.0625. The zero-order valence-corrected chi connectivity index (χ0v) is 12.8. The van der Waals surface area contributed by atoms with Gasteiger partial charge < -0.3 is 5.32 Å². The molecule has 2 rings (SSSR count). The van der Waals surface area contributed by atoms with Crippen molar-refractivity contribution in [1.82, 2.24) is 0 Å². The Morgan fingerprint density at radius 3 is 2.18 bits per heavy atom. The van der Waals surface area contributed by atoms with Crippen molar-refractivity contribution in [2.24, 2.45) is 5.14 Å². The maximum absolute atomic E-state index is 11.8. The molecule has 6 heteroatoms. The second-order valence-electron chi connectivity index (χ2n) is 4.80. The highest BCUT2D eigenvalue weighted by Crippen LogP contribution is 2.13. The fourth-order valence-electron chi connectivity index (χ4n) is 1.76. The Kier molecular flexibility index (Phi) is 4.75. The molecule has 0 saturated heterocycles. The van der Waals surface area contributed by atoms with Gasteiger partial charge in [-0.1, -0.05) is 29.8 Å². The van der Waals surface area contributed by atoms with Crippen LogP contribution in [0.3, 0.4) is 0 Å². The number of primary sulfonamides is 1. The van der Waals surface area contributed by atoms with E-state index in [-0.39, 0.29) is 10.8 Å². The number of rotatable bonds is 4. The average molecular weight is 316 g/mol. The zero-order valence-electron chi connectivity index (χ0n) is 12.0. The maximum Gasteiger partial charge on any atom is 0.248 e. The van der Waals surface area contributed by atoms with Crippen molar-refractivity contribution in [1.29, 1.82) is 0 Å². The van der Waals surface area contributed by atoms with Crippen LogP contribution in [0.5, 0.6) is 0 Å². The normalized spacial score (nSPS) is 11.5. The monoisotopic (exact) mass is 316 g/mol. The summed E-state index contributed by atoms with van der Waals surface area (Å²) in [5.74, 6) is -0.302. The summed E-state index contributed by atoms with van der Waals surface area (Å²) >= 11 is 0. The second-order valence-corrected chi connectivity index (χ2v) is 6.36. The van der Waals surface area contributed by atoms with Gasteiger partial charge in [0.15, 0.2) is 0 Å². The van der Waals surface area contributed by atoms with Crippen molar-refractivity contribution in [2.75, 3.05) is 5.32 Å². The molecule has 3 N–H and O–H groups in total. The molecule has 0 aromatic heterocycles. The summed E-state index contributed by atoms with van der Waals surface area (Å²) in [4.78, 5) is 11.8. The minimum absolute atomic E-state index is 0.000645. The Labute approximate surface area is 129 Å². The lowest BCUT2D eigenvalue weighted by Crippen LogP contribution is -2.12. The highest BCUT2D eigenvalue weighted by atomic mass is 32.2. The molecule has 114 valence electrons. The van der Waals surface area contributed by atoms with Gasteiger partial charge in [-0.25, -0.2) is 13.6 Å². The van der Waals surface area contributed by atoms with Crippen LogP contribution in [0.25, 0.3) is 6.08 Å². The highest BCUT2D eigenvalue weighted by Gasteiger charge is 2.07. The van der Waals surface area contributed by atoms with Crippen LogP contribution in [0.2, 0.25) is 0 Å². The summed E-state index contributed by atoms with van der Waals surface area (Å²) in [6, 6.07) is 13.4. The van der Waals surface area contributed by atoms with Crippen LogP contribution >= 0.6 is 0 Å². The van der Waals surface area contributed by atoms with E-state index in [4.69, 9.17) is 5.14 Å². The summed E-state index contributed by atoms with van der Waals surface area (Å²) < 4.78 is 22.3. The van der Waals surface area contributed by atoms with Gasteiger partial charge in [0.05, 0.1) is 4.90 Å². The van der Waals surface area contributed by atoms with E-state index < -0.39 is 10.0 Å². The number of hydrogen-bond donors (Lipinski definition) is 2. The number of carbonyl (C=O) groups is 1. The summed E-state index contributed by atoms with van der Waals surface area (Å²) in [7, 11) is -3.72. The molecule has 2 aromatic carbocycles. The summed E-state index contributed by atoms with van der Waals surface area (Å²) in [5.41, 5.74) is 2.56. The Morgan fingerprint density at radius 1 is 1.05 bits per heavy atom. The van der Waals surface area contributed by atoms with E-state index in [1.807, 2.05) is 31.2 Å². The van der Waals surface area contributed by atoms with Crippen molar-refractivity contribution in [3.8, 4) is 0 Å². The number of amides is 1. The van der Waals surface area contributed by atoms with Gasteiger partial charge in [0, 0.05) is 11.8 Å². The van der Waals surface area contributed by atoms with Crippen LogP contribution in [0.15, 0.2) is 59.5 Å². The zero-order chi connectivity index (χ0) is 16.2. The van der Waals surface area contributed by atoms with Crippen molar-refractivity contribution >= 4 is 27.7 Å². The van der Waals surface area contributed by atoms with Crippen LogP contribution < -0.4 is 10.5 Å². The Balaban J connectivity index is 2.01. The van der Waals surface area contributed by atoms with Gasteiger partial charge in [-0.05, 0) is 42.8 Å². The summed E-state index contributed by atoms with van der Waals surface area (Å²) in [6.45, 7) is 1.99. The average Bonchev–Trinajstić information content (AvgIpc) is 2.46. The number of nitrogens with one attached hydrogen (secondary N) is 1. The van der Waals surface area contributed by atoms with Crippen molar-refractivity contribution in [3.63, 3.8) is 0 Å². The molecule has 0 aliphatic carbocycles. The van der Waals surface area contributed by atoms with E-state index in [2.05, 4.69) is 5.32 Å². The predicted octanol–water partition coefficient (Wildman–Crippen LogP) is 2.29. The van der Waals surface area contributed by atoms with E-state index in [1.54, 1.807) is 6.08 Å². The van der Waals surface area contributed by atoms with E-state index in [1.165, 1.54) is 30.3 Å². The third-order valence-electron chi connectivity index (χ3n) is 2.95. The molecule has 0 aliphatic rings. The molecule has 0 bridgehead atoms.